The molecule has 3 nitrogen and oxygen atoms in total. The Kier molecular flexibility index (Phi) is 4.64. The van der Waals surface area contributed by atoms with Crippen LogP contribution in [-0.4, -0.2) is 36.6 Å². The highest BCUT2D eigenvalue weighted by atomic mass is 15.2. The quantitative estimate of drug-likeness (QED) is 0.911. The summed E-state index contributed by atoms with van der Waals surface area (Å²) in [6.07, 6.45) is 1.08. The first-order valence-electron chi connectivity index (χ1n) is 7.64. The molecule has 2 rings (SSSR count). The number of pyridine rings is 1. The van der Waals surface area contributed by atoms with Crippen molar-refractivity contribution in [2.24, 2.45) is 0 Å². The van der Waals surface area contributed by atoms with Crippen LogP contribution in [0.15, 0.2) is 30.3 Å². The second kappa shape index (κ2) is 6.12. The number of benzene rings is 1. The molecule has 21 heavy (non-hydrogen) atoms. The summed E-state index contributed by atoms with van der Waals surface area (Å²) in [5.41, 5.74) is 3.51. The number of nitrogens with zero attached hydrogens (tertiary/aromatic N) is 2. The molecule has 2 unspecified atom stereocenters. The minimum atomic E-state index is 0.0700. The summed E-state index contributed by atoms with van der Waals surface area (Å²) in [5.74, 6) is 0. The first kappa shape index (κ1) is 15.9. The van der Waals surface area contributed by atoms with Gasteiger partial charge in [-0.25, -0.2) is 0 Å². The Morgan fingerprint density at radius 1 is 1.24 bits per heavy atom. The first-order chi connectivity index (χ1) is 9.92. The third-order valence-corrected chi connectivity index (χ3v) is 4.83. The van der Waals surface area contributed by atoms with Crippen LogP contribution in [0, 0.1) is 6.92 Å². The molecule has 1 aromatic heterocycles. The van der Waals surface area contributed by atoms with Crippen LogP contribution < -0.4 is 5.32 Å². The molecule has 0 radical (unpaired) electrons. The predicted molar refractivity (Wildman–Crippen MR) is 90.7 cm³/mol. The van der Waals surface area contributed by atoms with Gasteiger partial charge in [0, 0.05) is 16.6 Å². The summed E-state index contributed by atoms with van der Waals surface area (Å²) >= 11 is 0. The van der Waals surface area contributed by atoms with E-state index >= 15 is 0 Å². The lowest BCUT2D eigenvalue weighted by atomic mass is 9.83. The van der Waals surface area contributed by atoms with Gasteiger partial charge in [-0.2, -0.15) is 0 Å². The number of hydrogen-bond acceptors (Lipinski definition) is 3. The van der Waals surface area contributed by atoms with E-state index in [9.17, 15) is 0 Å². The molecule has 0 aliphatic carbocycles. The zero-order valence-electron chi connectivity index (χ0n) is 14.1. The van der Waals surface area contributed by atoms with Crippen LogP contribution in [0.25, 0.3) is 10.9 Å². The third kappa shape index (κ3) is 2.94. The molecular formula is C18H27N3. The van der Waals surface area contributed by atoms with Crippen LogP contribution in [0.4, 0.5) is 0 Å². The molecule has 0 aliphatic rings. The summed E-state index contributed by atoms with van der Waals surface area (Å²) < 4.78 is 0. The van der Waals surface area contributed by atoms with Gasteiger partial charge in [0.2, 0.25) is 0 Å². The maximum atomic E-state index is 4.59. The molecule has 2 atom stereocenters. The van der Waals surface area contributed by atoms with E-state index < -0.39 is 0 Å². The van der Waals surface area contributed by atoms with Crippen molar-refractivity contribution in [1.82, 2.24) is 15.2 Å². The largest absolute Gasteiger partial charge is 0.311 e. The van der Waals surface area contributed by atoms with Gasteiger partial charge in [-0.05, 0) is 65.2 Å². The average molecular weight is 285 g/mol. The number of hydrogen-bond donors (Lipinski definition) is 1. The van der Waals surface area contributed by atoms with Gasteiger partial charge in [-0.15, -0.1) is 0 Å². The normalized spacial score (nSPS) is 16.1. The van der Waals surface area contributed by atoms with Gasteiger partial charge in [-0.3, -0.25) is 4.98 Å². The van der Waals surface area contributed by atoms with Crippen LogP contribution in [0.2, 0.25) is 0 Å². The highest BCUT2D eigenvalue weighted by Gasteiger charge is 2.34. The van der Waals surface area contributed by atoms with Gasteiger partial charge in [0.25, 0.3) is 0 Å². The Labute approximate surface area is 128 Å². The fraction of sp³-hybridized carbons (Fsp3) is 0.500. The zero-order chi connectivity index (χ0) is 15.6. The molecule has 114 valence electrons. The van der Waals surface area contributed by atoms with Crippen molar-refractivity contribution in [1.29, 1.82) is 0 Å². The highest BCUT2D eigenvalue weighted by Crippen LogP contribution is 2.33. The lowest BCUT2D eigenvalue weighted by molar-refractivity contribution is 0.117. The summed E-state index contributed by atoms with van der Waals surface area (Å²) in [6.45, 7) is 6.59. The highest BCUT2D eigenvalue weighted by molar-refractivity contribution is 5.79. The Bertz CT molecular complexity index is 621. The Morgan fingerprint density at radius 3 is 2.52 bits per heavy atom. The van der Waals surface area contributed by atoms with Crippen LogP contribution in [0.1, 0.15) is 37.6 Å². The number of fused-ring (bicyclic) bond motifs is 1. The summed E-state index contributed by atoms with van der Waals surface area (Å²) in [6, 6.07) is 11.1. The summed E-state index contributed by atoms with van der Waals surface area (Å²) in [5, 5.41) is 4.71. The zero-order valence-corrected chi connectivity index (χ0v) is 14.1. The number of nitrogens with one attached hydrogen (secondary N) is 1. The molecule has 3 heteroatoms. The average Bonchev–Trinajstić information content (AvgIpc) is 2.47. The fourth-order valence-electron chi connectivity index (χ4n) is 3.04. The second-order valence-corrected chi connectivity index (χ2v) is 6.23. The fourth-order valence-corrected chi connectivity index (χ4v) is 3.04. The van der Waals surface area contributed by atoms with Gasteiger partial charge in [0.15, 0.2) is 0 Å². The van der Waals surface area contributed by atoms with E-state index in [-0.39, 0.29) is 11.6 Å². The van der Waals surface area contributed by atoms with E-state index in [1.807, 2.05) is 14.0 Å². The molecule has 0 spiro atoms. The van der Waals surface area contributed by atoms with Crippen molar-refractivity contribution in [2.45, 2.75) is 38.8 Å². The monoisotopic (exact) mass is 285 g/mol. The number of rotatable bonds is 5. The van der Waals surface area contributed by atoms with Gasteiger partial charge in [0.05, 0.1) is 11.6 Å². The van der Waals surface area contributed by atoms with Gasteiger partial charge >= 0.3 is 0 Å². The van der Waals surface area contributed by atoms with Crippen LogP contribution in [-0.2, 0) is 0 Å². The van der Waals surface area contributed by atoms with E-state index in [1.165, 1.54) is 10.9 Å². The molecule has 0 bridgehead atoms. The van der Waals surface area contributed by atoms with Gasteiger partial charge < -0.3 is 10.2 Å². The van der Waals surface area contributed by atoms with Crippen molar-refractivity contribution in [3.05, 3.63) is 41.6 Å². The molecule has 0 aliphatic heterocycles. The smallest absolute Gasteiger partial charge is 0.0705 e. The van der Waals surface area contributed by atoms with Crippen LogP contribution in [0.3, 0.4) is 0 Å². The lowest BCUT2D eigenvalue weighted by Crippen LogP contribution is -2.50. The standard InChI is InChI=1S/C18H27N3/c1-7-18(3,21(5)6)17(19-4)15-10-11-16-14(12-15)9-8-13(2)20-16/h8-12,17,19H,7H2,1-6H3. The van der Waals surface area contributed by atoms with E-state index in [4.69, 9.17) is 0 Å². The topological polar surface area (TPSA) is 28.2 Å². The maximum Gasteiger partial charge on any atom is 0.0705 e. The molecule has 0 saturated heterocycles. The summed E-state index contributed by atoms with van der Waals surface area (Å²) in [4.78, 5) is 6.90. The minimum absolute atomic E-state index is 0.0700. The van der Waals surface area contributed by atoms with E-state index in [0.29, 0.717) is 0 Å². The molecule has 1 N–H and O–H groups in total. The molecule has 1 aromatic carbocycles. The van der Waals surface area contributed by atoms with E-state index in [1.54, 1.807) is 0 Å². The van der Waals surface area contributed by atoms with Crippen molar-refractivity contribution in [3.63, 3.8) is 0 Å². The van der Waals surface area contributed by atoms with E-state index in [0.717, 1.165) is 17.6 Å². The third-order valence-electron chi connectivity index (χ3n) is 4.83. The molecule has 1 heterocycles. The molecular weight excluding hydrogens is 258 g/mol. The molecule has 0 saturated carbocycles. The predicted octanol–water partition coefficient (Wildman–Crippen LogP) is 3.53. The van der Waals surface area contributed by atoms with Crippen molar-refractivity contribution in [3.8, 4) is 0 Å². The van der Waals surface area contributed by atoms with Crippen molar-refractivity contribution >= 4 is 10.9 Å². The number of aromatic nitrogens is 1. The van der Waals surface area contributed by atoms with E-state index in [2.05, 4.69) is 73.5 Å². The number of likely N-dealkylation sites (N-methyl/N-ethyl adjacent to an activating group) is 2. The van der Waals surface area contributed by atoms with Gasteiger partial charge in [-0.1, -0.05) is 19.1 Å². The van der Waals surface area contributed by atoms with Gasteiger partial charge in [0.1, 0.15) is 0 Å². The molecule has 0 fully saturated rings. The Balaban J connectivity index is 2.49. The first-order valence-corrected chi connectivity index (χ1v) is 7.64. The maximum absolute atomic E-state index is 4.59. The van der Waals surface area contributed by atoms with Crippen LogP contribution >= 0.6 is 0 Å². The SMILES string of the molecule is CCC(C)(C(NC)c1ccc2nc(C)ccc2c1)N(C)C. The van der Waals surface area contributed by atoms with Crippen molar-refractivity contribution < 1.29 is 0 Å². The number of aryl methyl sites for hydroxylation is 1. The Morgan fingerprint density at radius 2 is 1.95 bits per heavy atom. The molecule has 2 aromatic rings. The minimum Gasteiger partial charge on any atom is -0.311 e. The molecule has 0 amide bonds. The van der Waals surface area contributed by atoms with Crippen molar-refractivity contribution in [2.75, 3.05) is 21.1 Å². The second-order valence-electron chi connectivity index (χ2n) is 6.23. The Hall–Kier alpha value is -1.45. The van der Waals surface area contributed by atoms with Crippen LogP contribution in [0.5, 0.6) is 0 Å². The lowest BCUT2D eigenvalue weighted by Gasteiger charge is -2.43. The summed E-state index contributed by atoms with van der Waals surface area (Å²) in [7, 11) is 6.35.